The maximum absolute atomic E-state index is 12.1. The number of rotatable bonds is 4. The van der Waals surface area contributed by atoms with Crippen LogP contribution in [0.25, 0.3) is 0 Å². The standard InChI is InChI=1S/C17H16N2O4/c1-11(12-3-6-14(21-2)7-4-12)18-19-17(20)13-5-8-15-16(9-13)23-10-22-15/h3-9H,10H2,1-2H3,(H,19,20)/b18-11-. The molecule has 118 valence electrons. The van der Waals surface area contributed by atoms with Crippen molar-refractivity contribution in [3.05, 3.63) is 53.6 Å². The summed E-state index contributed by atoms with van der Waals surface area (Å²) >= 11 is 0. The topological polar surface area (TPSA) is 69.2 Å². The van der Waals surface area contributed by atoms with Crippen molar-refractivity contribution in [3.63, 3.8) is 0 Å². The van der Waals surface area contributed by atoms with Gasteiger partial charge in [0.05, 0.1) is 12.8 Å². The molecule has 0 aliphatic carbocycles. The van der Waals surface area contributed by atoms with Crippen LogP contribution < -0.4 is 19.6 Å². The highest BCUT2D eigenvalue weighted by Crippen LogP contribution is 2.32. The van der Waals surface area contributed by atoms with E-state index in [0.29, 0.717) is 22.8 Å². The van der Waals surface area contributed by atoms with Gasteiger partial charge >= 0.3 is 0 Å². The van der Waals surface area contributed by atoms with Crippen molar-refractivity contribution in [3.8, 4) is 17.2 Å². The molecule has 23 heavy (non-hydrogen) atoms. The first-order valence-corrected chi connectivity index (χ1v) is 7.06. The van der Waals surface area contributed by atoms with Gasteiger partial charge in [-0.3, -0.25) is 4.79 Å². The van der Waals surface area contributed by atoms with Gasteiger partial charge < -0.3 is 14.2 Å². The first-order chi connectivity index (χ1) is 11.2. The van der Waals surface area contributed by atoms with E-state index in [9.17, 15) is 4.79 Å². The van der Waals surface area contributed by atoms with Gasteiger partial charge in [-0.2, -0.15) is 5.10 Å². The summed E-state index contributed by atoms with van der Waals surface area (Å²) in [7, 11) is 1.61. The zero-order chi connectivity index (χ0) is 16.2. The number of nitrogens with zero attached hydrogens (tertiary/aromatic N) is 1. The molecule has 6 nitrogen and oxygen atoms in total. The molecule has 0 spiro atoms. The number of fused-ring (bicyclic) bond motifs is 1. The molecule has 3 rings (SSSR count). The molecular weight excluding hydrogens is 296 g/mol. The number of methoxy groups -OCH3 is 1. The maximum Gasteiger partial charge on any atom is 0.271 e. The van der Waals surface area contributed by atoms with Gasteiger partial charge in [-0.15, -0.1) is 0 Å². The Morgan fingerprint density at radius 2 is 1.78 bits per heavy atom. The number of carbonyl (C=O) groups is 1. The van der Waals surface area contributed by atoms with E-state index in [1.165, 1.54) is 0 Å². The minimum Gasteiger partial charge on any atom is -0.497 e. The van der Waals surface area contributed by atoms with Crippen LogP contribution in [-0.4, -0.2) is 25.5 Å². The Hall–Kier alpha value is -3.02. The van der Waals surface area contributed by atoms with Crippen LogP contribution in [0.3, 0.4) is 0 Å². The minimum atomic E-state index is -0.309. The molecule has 0 fully saturated rings. The van der Waals surface area contributed by atoms with Crippen molar-refractivity contribution < 1.29 is 19.0 Å². The van der Waals surface area contributed by atoms with E-state index in [4.69, 9.17) is 14.2 Å². The molecule has 2 aromatic carbocycles. The van der Waals surface area contributed by atoms with E-state index in [-0.39, 0.29) is 12.7 Å². The summed E-state index contributed by atoms with van der Waals surface area (Å²) in [6, 6.07) is 12.4. The fraction of sp³-hybridized carbons (Fsp3) is 0.176. The maximum atomic E-state index is 12.1. The first kappa shape index (κ1) is 14.9. The van der Waals surface area contributed by atoms with Gasteiger partial charge in [0.1, 0.15) is 5.75 Å². The predicted octanol–water partition coefficient (Wildman–Crippen LogP) is 2.58. The lowest BCUT2D eigenvalue weighted by molar-refractivity contribution is 0.0954. The van der Waals surface area contributed by atoms with Gasteiger partial charge in [0, 0.05) is 5.56 Å². The molecule has 1 aliphatic heterocycles. The summed E-state index contributed by atoms with van der Waals surface area (Å²) < 4.78 is 15.6. The molecule has 0 atom stereocenters. The Morgan fingerprint density at radius 3 is 2.52 bits per heavy atom. The molecule has 1 aliphatic rings. The van der Waals surface area contributed by atoms with Crippen molar-refractivity contribution in [2.75, 3.05) is 13.9 Å². The molecule has 2 aromatic rings. The zero-order valence-corrected chi connectivity index (χ0v) is 12.8. The van der Waals surface area contributed by atoms with Crippen LogP contribution in [0.1, 0.15) is 22.8 Å². The number of hydrazone groups is 1. The number of carbonyl (C=O) groups excluding carboxylic acids is 1. The molecule has 0 saturated carbocycles. The Bertz CT molecular complexity index is 754. The third-order valence-electron chi connectivity index (χ3n) is 3.47. The largest absolute Gasteiger partial charge is 0.497 e. The van der Waals surface area contributed by atoms with Crippen molar-refractivity contribution in [2.45, 2.75) is 6.92 Å². The molecule has 6 heteroatoms. The van der Waals surface area contributed by atoms with E-state index < -0.39 is 0 Å². The second kappa shape index (κ2) is 6.39. The minimum absolute atomic E-state index is 0.176. The summed E-state index contributed by atoms with van der Waals surface area (Å²) in [5, 5.41) is 4.12. The van der Waals surface area contributed by atoms with Crippen LogP contribution in [0.4, 0.5) is 0 Å². The second-order valence-electron chi connectivity index (χ2n) is 4.93. The quantitative estimate of drug-likeness (QED) is 0.696. The number of hydrogen-bond donors (Lipinski definition) is 1. The smallest absolute Gasteiger partial charge is 0.271 e. The Balaban J connectivity index is 1.69. The Labute approximate surface area is 133 Å². The third kappa shape index (κ3) is 3.26. The number of nitrogens with one attached hydrogen (secondary N) is 1. The van der Waals surface area contributed by atoms with Crippen LogP contribution in [0.2, 0.25) is 0 Å². The second-order valence-corrected chi connectivity index (χ2v) is 4.93. The van der Waals surface area contributed by atoms with E-state index in [1.54, 1.807) is 25.3 Å². The fourth-order valence-electron chi connectivity index (χ4n) is 2.13. The van der Waals surface area contributed by atoms with E-state index >= 15 is 0 Å². The van der Waals surface area contributed by atoms with Gasteiger partial charge in [-0.25, -0.2) is 5.43 Å². The van der Waals surface area contributed by atoms with Crippen LogP contribution in [-0.2, 0) is 0 Å². The average Bonchev–Trinajstić information content (AvgIpc) is 3.07. The average molecular weight is 312 g/mol. The molecular formula is C17H16N2O4. The lowest BCUT2D eigenvalue weighted by Crippen LogP contribution is -2.19. The molecule has 0 saturated heterocycles. The fourth-order valence-corrected chi connectivity index (χ4v) is 2.13. The van der Waals surface area contributed by atoms with Crippen LogP contribution >= 0.6 is 0 Å². The Kier molecular flexibility index (Phi) is 4.14. The number of hydrogen-bond acceptors (Lipinski definition) is 5. The highest BCUT2D eigenvalue weighted by atomic mass is 16.7. The van der Waals surface area contributed by atoms with E-state index in [0.717, 1.165) is 11.3 Å². The molecule has 1 amide bonds. The van der Waals surface area contributed by atoms with E-state index in [1.807, 2.05) is 31.2 Å². The number of benzene rings is 2. The highest BCUT2D eigenvalue weighted by Gasteiger charge is 2.16. The monoisotopic (exact) mass is 312 g/mol. The molecule has 0 unspecified atom stereocenters. The molecule has 1 N–H and O–H groups in total. The molecule has 0 radical (unpaired) electrons. The molecule has 0 aromatic heterocycles. The number of ether oxygens (including phenoxy) is 3. The highest BCUT2D eigenvalue weighted by molar-refractivity contribution is 6.01. The number of amides is 1. The van der Waals surface area contributed by atoms with Crippen molar-refractivity contribution in [1.29, 1.82) is 0 Å². The summed E-state index contributed by atoms with van der Waals surface area (Å²) in [5.74, 6) is 1.66. The zero-order valence-electron chi connectivity index (χ0n) is 12.8. The van der Waals surface area contributed by atoms with Gasteiger partial charge in [-0.1, -0.05) is 0 Å². The van der Waals surface area contributed by atoms with Crippen molar-refractivity contribution >= 4 is 11.6 Å². The summed E-state index contributed by atoms with van der Waals surface area (Å²) in [6.45, 7) is 2.00. The van der Waals surface area contributed by atoms with E-state index in [2.05, 4.69) is 10.5 Å². The SMILES string of the molecule is COc1ccc(/C(C)=N\NC(=O)c2ccc3c(c2)OCO3)cc1. The lowest BCUT2D eigenvalue weighted by Gasteiger charge is -2.05. The summed E-state index contributed by atoms with van der Waals surface area (Å²) in [5.41, 5.74) is 4.59. The van der Waals surface area contributed by atoms with Crippen LogP contribution in [0, 0.1) is 0 Å². The normalized spacial score (nSPS) is 12.9. The van der Waals surface area contributed by atoms with Gasteiger partial charge in [0.15, 0.2) is 11.5 Å². The first-order valence-electron chi connectivity index (χ1n) is 7.06. The lowest BCUT2D eigenvalue weighted by atomic mass is 10.1. The predicted molar refractivity (Wildman–Crippen MR) is 85.2 cm³/mol. The Morgan fingerprint density at radius 1 is 1.09 bits per heavy atom. The van der Waals surface area contributed by atoms with Gasteiger partial charge in [0.25, 0.3) is 5.91 Å². The van der Waals surface area contributed by atoms with Crippen molar-refractivity contribution in [1.82, 2.24) is 5.43 Å². The molecule has 1 heterocycles. The van der Waals surface area contributed by atoms with Crippen LogP contribution in [0.15, 0.2) is 47.6 Å². The summed E-state index contributed by atoms with van der Waals surface area (Å²) in [6.07, 6.45) is 0. The third-order valence-corrected chi connectivity index (χ3v) is 3.47. The summed E-state index contributed by atoms with van der Waals surface area (Å²) in [4.78, 5) is 12.1. The van der Waals surface area contributed by atoms with Crippen LogP contribution in [0.5, 0.6) is 17.2 Å². The van der Waals surface area contributed by atoms with Crippen molar-refractivity contribution in [2.24, 2.45) is 5.10 Å². The van der Waals surface area contributed by atoms with Gasteiger partial charge in [-0.05, 0) is 55.0 Å². The molecule has 0 bridgehead atoms. The van der Waals surface area contributed by atoms with Gasteiger partial charge in [0.2, 0.25) is 6.79 Å².